The van der Waals surface area contributed by atoms with E-state index in [1.165, 1.54) is 24.6 Å². The number of pyridine rings is 1. The minimum absolute atomic E-state index is 0.00353. The number of nitrogens with zero attached hydrogens (tertiary/aromatic N) is 3. The molecule has 1 aromatic heterocycles. The van der Waals surface area contributed by atoms with Gasteiger partial charge in [0.25, 0.3) is 0 Å². The number of rotatable bonds is 5. The molecule has 0 amide bonds. The van der Waals surface area contributed by atoms with Crippen molar-refractivity contribution >= 4 is 17.2 Å². The molecular formula is C16H18N4O2. The Hall–Kier alpha value is -2.63. The van der Waals surface area contributed by atoms with Gasteiger partial charge in [0, 0.05) is 37.6 Å². The van der Waals surface area contributed by atoms with E-state index in [1.54, 1.807) is 12.3 Å². The van der Waals surface area contributed by atoms with Gasteiger partial charge in [-0.25, -0.2) is 4.98 Å². The Balaban J connectivity index is 1.65. The highest BCUT2D eigenvalue weighted by molar-refractivity contribution is 5.55. The Labute approximate surface area is 128 Å². The van der Waals surface area contributed by atoms with E-state index in [0.29, 0.717) is 12.4 Å². The van der Waals surface area contributed by atoms with Crippen LogP contribution in [0, 0.1) is 10.1 Å². The highest BCUT2D eigenvalue weighted by atomic mass is 16.6. The average molecular weight is 298 g/mol. The van der Waals surface area contributed by atoms with Gasteiger partial charge >= 0.3 is 5.69 Å². The topological polar surface area (TPSA) is 71.3 Å². The van der Waals surface area contributed by atoms with Gasteiger partial charge in [-0.1, -0.05) is 12.1 Å². The van der Waals surface area contributed by atoms with E-state index < -0.39 is 4.92 Å². The molecule has 0 spiro atoms. The molecule has 2 heterocycles. The third kappa shape index (κ3) is 3.16. The number of nitrogens with one attached hydrogen (secondary N) is 1. The fourth-order valence-corrected chi connectivity index (χ4v) is 2.67. The normalized spacial score (nSPS) is 14.1. The molecule has 0 aliphatic carbocycles. The second-order valence-corrected chi connectivity index (χ2v) is 5.34. The predicted octanol–water partition coefficient (Wildman–Crippen LogP) is 3.20. The van der Waals surface area contributed by atoms with Crippen LogP contribution in [0.25, 0.3) is 0 Å². The Kier molecular flexibility index (Phi) is 4.18. The standard InChI is InChI=1S/C16H18N4O2/c21-20(22)15-4-3-9-17-16(15)18-12-13-5-7-14(8-6-13)19-10-1-2-11-19/h3-9H,1-2,10-12H2,(H,17,18). The quantitative estimate of drug-likeness (QED) is 0.678. The minimum Gasteiger partial charge on any atom is -0.372 e. The average Bonchev–Trinajstić information content (AvgIpc) is 3.08. The van der Waals surface area contributed by atoms with Crippen LogP contribution >= 0.6 is 0 Å². The highest BCUT2D eigenvalue weighted by Gasteiger charge is 2.14. The molecule has 0 atom stereocenters. The molecule has 1 fully saturated rings. The molecule has 1 aliphatic rings. The first kappa shape index (κ1) is 14.3. The van der Waals surface area contributed by atoms with Crippen molar-refractivity contribution in [3.8, 4) is 0 Å². The van der Waals surface area contributed by atoms with Crippen LogP contribution in [0.15, 0.2) is 42.6 Å². The molecule has 6 heteroatoms. The molecule has 1 aromatic carbocycles. The Bertz CT molecular complexity index is 651. The van der Waals surface area contributed by atoms with Crippen LogP contribution in [0.5, 0.6) is 0 Å². The molecule has 0 saturated carbocycles. The van der Waals surface area contributed by atoms with Crippen LogP contribution < -0.4 is 10.2 Å². The third-order valence-corrected chi connectivity index (χ3v) is 3.85. The lowest BCUT2D eigenvalue weighted by atomic mass is 10.2. The van der Waals surface area contributed by atoms with Gasteiger partial charge in [-0.2, -0.15) is 0 Å². The van der Waals surface area contributed by atoms with E-state index in [1.807, 2.05) is 0 Å². The molecule has 22 heavy (non-hydrogen) atoms. The van der Waals surface area contributed by atoms with Crippen molar-refractivity contribution in [2.24, 2.45) is 0 Å². The molecule has 0 bridgehead atoms. The van der Waals surface area contributed by atoms with Crippen molar-refractivity contribution in [3.05, 3.63) is 58.3 Å². The first-order chi connectivity index (χ1) is 10.7. The molecular weight excluding hydrogens is 280 g/mol. The second-order valence-electron chi connectivity index (χ2n) is 5.34. The summed E-state index contributed by atoms with van der Waals surface area (Å²) in [6, 6.07) is 11.3. The molecule has 1 N–H and O–H groups in total. The van der Waals surface area contributed by atoms with E-state index in [9.17, 15) is 10.1 Å². The Morgan fingerprint density at radius 1 is 1.18 bits per heavy atom. The van der Waals surface area contributed by atoms with E-state index in [0.717, 1.165) is 18.7 Å². The summed E-state index contributed by atoms with van der Waals surface area (Å²) in [6.07, 6.45) is 4.06. The molecule has 114 valence electrons. The molecule has 1 aliphatic heterocycles. The van der Waals surface area contributed by atoms with Crippen LogP contribution in [-0.2, 0) is 6.54 Å². The zero-order valence-corrected chi connectivity index (χ0v) is 12.2. The Morgan fingerprint density at radius 2 is 1.91 bits per heavy atom. The maximum absolute atomic E-state index is 10.9. The molecule has 1 saturated heterocycles. The smallest absolute Gasteiger partial charge is 0.311 e. The van der Waals surface area contributed by atoms with Gasteiger partial charge < -0.3 is 10.2 Å². The number of aromatic nitrogens is 1. The third-order valence-electron chi connectivity index (χ3n) is 3.85. The highest BCUT2D eigenvalue weighted by Crippen LogP contribution is 2.23. The van der Waals surface area contributed by atoms with Crippen LogP contribution in [0.2, 0.25) is 0 Å². The van der Waals surface area contributed by atoms with E-state index in [4.69, 9.17) is 0 Å². The zero-order valence-electron chi connectivity index (χ0n) is 12.2. The lowest BCUT2D eigenvalue weighted by molar-refractivity contribution is -0.384. The number of hydrogen-bond acceptors (Lipinski definition) is 5. The van der Waals surface area contributed by atoms with Gasteiger partial charge in [0.2, 0.25) is 5.82 Å². The Morgan fingerprint density at radius 3 is 2.59 bits per heavy atom. The van der Waals surface area contributed by atoms with Crippen LogP contribution in [0.1, 0.15) is 18.4 Å². The largest absolute Gasteiger partial charge is 0.372 e. The minimum atomic E-state index is -0.425. The fourth-order valence-electron chi connectivity index (χ4n) is 2.67. The summed E-state index contributed by atoms with van der Waals surface area (Å²) in [5.41, 5.74) is 2.31. The first-order valence-corrected chi connectivity index (χ1v) is 7.41. The summed E-state index contributed by atoms with van der Waals surface area (Å²) >= 11 is 0. The van der Waals surface area contributed by atoms with Crippen molar-refractivity contribution < 1.29 is 4.92 Å². The number of nitro groups is 1. The summed E-state index contributed by atoms with van der Waals surface area (Å²) in [4.78, 5) is 16.9. The monoisotopic (exact) mass is 298 g/mol. The molecule has 0 radical (unpaired) electrons. The summed E-state index contributed by atoms with van der Waals surface area (Å²) in [7, 11) is 0. The van der Waals surface area contributed by atoms with Gasteiger partial charge in [-0.05, 0) is 36.6 Å². The molecule has 2 aromatic rings. The number of benzene rings is 1. The van der Waals surface area contributed by atoms with Crippen LogP contribution in [0.4, 0.5) is 17.2 Å². The second kappa shape index (κ2) is 6.43. The lowest BCUT2D eigenvalue weighted by Gasteiger charge is -2.17. The van der Waals surface area contributed by atoms with Crippen molar-refractivity contribution in [2.45, 2.75) is 19.4 Å². The fraction of sp³-hybridized carbons (Fsp3) is 0.312. The van der Waals surface area contributed by atoms with Gasteiger partial charge in [-0.15, -0.1) is 0 Å². The van der Waals surface area contributed by atoms with Crippen molar-refractivity contribution in [1.82, 2.24) is 4.98 Å². The molecule has 6 nitrogen and oxygen atoms in total. The first-order valence-electron chi connectivity index (χ1n) is 7.41. The van der Waals surface area contributed by atoms with Gasteiger partial charge in [0.1, 0.15) is 0 Å². The van der Waals surface area contributed by atoms with E-state index in [-0.39, 0.29) is 5.69 Å². The SMILES string of the molecule is O=[N+]([O-])c1cccnc1NCc1ccc(N2CCCC2)cc1. The zero-order chi connectivity index (χ0) is 15.4. The van der Waals surface area contributed by atoms with Gasteiger partial charge in [0.05, 0.1) is 4.92 Å². The molecule has 3 rings (SSSR count). The van der Waals surface area contributed by atoms with Crippen LogP contribution in [-0.4, -0.2) is 23.0 Å². The van der Waals surface area contributed by atoms with Crippen molar-refractivity contribution in [1.29, 1.82) is 0 Å². The van der Waals surface area contributed by atoms with Crippen molar-refractivity contribution in [3.63, 3.8) is 0 Å². The number of hydrogen-bond donors (Lipinski definition) is 1. The van der Waals surface area contributed by atoms with Crippen molar-refractivity contribution in [2.75, 3.05) is 23.3 Å². The van der Waals surface area contributed by atoms with E-state index >= 15 is 0 Å². The lowest BCUT2D eigenvalue weighted by Crippen LogP contribution is -2.17. The number of anilines is 2. The summed E-state index contributed by atoms with van der Waals surface area (Å²) < 4.78 is 0. The molecule has 0 unspecified atom stereocenters. The summed E-state index contributed by atoms with van der Waals surface area (Å²) in [6.45, 7) is 2.76. The summed E-state index contributed by atoms with van der Waals surface area (Å²) in [5, 5.41) is 14.0. The van der Waals surface area contributed by atoms with Crippen LogP contribution in [0.3, 0.4) is 0 Å². The predicted molar refractivity (Wildman–Crippen MR) is 86.1 cm³/mol. The summed E-state index contributed by atoms with van der Waals surface area (Å²) in [5.74, 6) is 0.302. The van der Waals surface area contributed by atoms with E-state index in [2.05, 4.69) is 39.5 Å². The maximum Gasteiger partial charge on any atom is 0.311 e. The van der Waals surface area contributed by atoms with Gasteiger partial charge in [-0.3, -0.25) is 10.1 Å². The van der Waals surface area contributed by atoms with Gasteiger partial charge in [0.15, 0.2) is 0 Å². The maximum atomic E-state index is 10.9.